The Bertz CT molecular complexity index is 1050. The molecule has 3 rings (SSSR count). The third-order valence-electron chi connectivity index (χ3n) is 3.96. The molecule has 8 heteroatoms. The molecule has 132 valence electrons. The number of carbonyl (C=O) groups excluding carboxylic acids is 1. The van der Waals surface area contributed by atoms with Gasteiger partial charge in [-0.25, -0.2) is 9.59 Å². The summed E-state index contributed by atoms with van der Waals surface area (Å²) in [6.45, 7) is 0. The second-order valence-corrected chi connectivity index (χ2v) is 5.48. The van der Waals surface area contributed by atoms with Crippen LogP contribution in [0.2, 0.25) is 0 Å². The molecular weight excluding hydrogens is 340 g/mol. The highest BCUT2D eigenvalue weighted by atomic mass is 16.5. The van der Waals surface area contributed by atoms with Gasteiger partial charge in [-0.3, -0.25) is 4.79 Å². The molecule has 0 saturated heterocycles. The molecular formula is C18H14N2O6. The van der Waals surface area contributed by atoms with E-state index >= 15 is 0 Å². The molecule has 3 aromatic rings. The monoisotopic (exact) mass is 354 g/mol. The molecule has 4 N–H and O–H groups in total. The SMILES string of the molecule is COc1ccc(C(=O)c2c(C(=O)O)c(C(=O)O)c3cc(N)ccn23)cc1. The molecule has 0 radical (unpaired) electrons. The zero-order chi connectivity index (χ0) is 19.0. The van der Waals surface area contributed by atoms with Crippen molar-refractivity contribution in [1.82, 2.24) is 4.40 Å². The number of aromatic nitrogens is 1. The fraction of sp³-hybridized carbons (Fsp3) is 0.0556. The number of ketones is 1. The van der Waals surface area contributed by atoms with Gasteiger partial charge < -0.3 is 25.1 Å². The van der Waals surface area contributed by atoms with E-state index in [0.717, 1.165) is 0 Å². The van der Waals surface area contributed by atoms with E-state index in [4.69, 9.17) is 10.5 Å². The van der Waals surface area contributed by atoms with Crippen LogP contribution in [0.3, 0.4) is 0 Å². The van der Waals surface area contributed by atoms with Crippen LogP contribution < -0.4 is 10.5 Å². The highest BCUT2D eigenvalue weighted by molar-refractivity contribution is 6.19. The molecule has 0 aliphatic heterocycles. The summed E-state index contributed by atoms with van der Waals surface area (Å²) in [7, 11) is 1.48. The summed E-state index contributed by atoms with van der Waals surface area (Å²) in [5, 5.41) is 19.1. The summed E-state index contributed by atoms with van der Waals surface area (Å²) in [5.41, 5.74) is 4.85. The molecule has 1 aromatic carbocycles. The molecule has 0 fully saturated rings. The van der Waals surface area contributed by atoms with E-state index in [1.54, 1.807) is 12.1 Å². The lowest BCUT2D eigenvalue weighted by molar-refractivity contribution is 0.0652. The molecule has 0 spiro atoms. The zero-order valence-electron chi connectivity index (χ0n) is 13.6. The van der Waals surface area contributed by atoms with E-state index < -0.39 is 28.8 Å². The van der Waals surface area contributed by atoms with Crippen molar-refractivity contribution in [3.8, 4) is 5.75 Å². The van der Waals surface area contributed by atoms with Gasteiger partial charge in [0, 0.05) is 17.4 Å². The fourth-order valence-corrected chi connectivity index (χ4v) is 2.80. The highest BCUT2D eigenvalue weighted by Crippen LogP contribution is 2.28. The topological polar surface area (TPSA) is 131 Å². The van der Waals surface area contributed by atoms with Gasteiger partial charge in [0.15, 0.2) is 0 Å². The van der Waals surface area contributed by atoms with E-state index in [0.29, 0.717) is 5.75 Å². The highest BCUT2D eigenvalue weighted by Gasteiger charge is 2.31. The Morgan fingerprint density at radius 3 is 2.15 bits per heavy atom. The number of rotatable bonds is 5. The van der Waals surface area contributed by atoms with Crippen molar-refractivity contribution in [2.75, 3.05) is 12.8 Å². The molecule has 8 nitrogen and oxygen atoms in total. The molecule has 0 bridgehead atoms. The number of fused-ring (bicyclic) bond motifs is 1. The zero-order valence-corrected chi connectivity index (χ0v) is 13.6. The van der Waals surface area contributed by atoms with Crippen LogP contribution in [0.5, 0.6) is 5.75 Å². The Balaban J connectivity index is 2.33. The summed E-state index contributed by atoms with van der Waals surface area (Å²) >= 11 is 0. The number of benzene rings is 1. The Morgan fingerprint density at radius 2 is 1.62 bits per heavy atom. The third-order valence-corrected chi connectivity index (χ3v) is 3.96. The lowest BCUT2D eigenvalue weighted by Crippen LogP contribution is -2.13. The van der Waals surface area contributed by atoms with Crippen molar-refractivity contribution in [3.63, 3.8) is 0 Å². The molecule has 0 atom stereocenters. The van der Waals surface area contributed by atoms with Crippen LogP contribution in [0.4, 0.5) is 5.69 Å². The van der Waals surface area contributed by atoms with E-state index in [-0.39, 0.29) is 22.5 Å². The van der Waals surface area contributed by atoms with Crippen molar-refractivity contribution in [2.45, 2.75) is 0 Å². The quantitative estimate of drug-likeness (QED) is 0.598. The number of carboxylic acid groups (broad SMARTS) is 2. The normalized spacial score (nSPS) is 10.7. The average molecular weight is 354 g/mol. The first-order valence-corrected chi connectivity index (χ1v) is 7.44. The van der Waals surface area contributed by atoms with Gasteiger partial charge in [0.2, 0.25) is 5.78 Å². The third kappa shape index (κ3) is 2.63. The first kappa shape index (κ1) is 17.0. The number of carbonyl (C=O) groups is 3. The Hall–Kier alpha value is -3.81. The van der Waals surface area contributed by atoms with E-state index in [1.165, 1.54) is 42.0 Å². The Morgan fingerprint density at radius 1 is 1.00 bits per heavy atom. The number of pyridine rings is 1. The van der Waals surface area contributed by atoms with Crippen LogP contribution >= 0.6 is 0 Å². The van der Waals surface area contributed by atoms with Crippen LogP contribution in [0, 0.1) is 0 Å². The Kier molecular flexibility index (Phi) is 4.09. The van der Waals surface area contributed by atoms with Crippen LogP contribution in [0.15, 0.2) is 42.6 Å². The number of ether oxygens (including phenoxy) is 1. The number of aromatic carboxylic acids is 2. The van der Waals surface area contributed by atoms with Gasteiger partial charge in [-0.2, -0.15) is 0 Å². The Labute approximate surface area is 147 Å². The van der Waals surface area contributed by atoms with Crippen LogP contribution in [0.25, 0.3) is 5.52 Å². The van der Waals surface area contributed by atoms with E-state index in [2.05, 4.69) is 0 Å². The van der Waals surface area contributed by atoms with Gasteiger partial charge in [0.1, 0.15) is 22.6 Å². The molecule has 26 heavy (non-hydrogen) atoms. The first-order valence-electron chi connectivity index (χ1n) is 7.44. The number of hydrogen-bond acceptors (Lipinski definition) is 5. The van der Waals surface area contributed by atoms with Gasteiger partial charge in [-0.1, -0.05) is 0 Å². The van der Waals surface area contributed by atoms with Crippen LogP contribution in [0.1, 0.15) is 36.8 Å². The van der Waals surface area contributed by atoms with Crippen molar-refractivity contribution in [2.24, 2.45) is 0 Å². The smallest absolute Gasteiger partial charge is 0.338 e. The number of nitrogens with two attached hydrogens (primary N) is 1. The largest absolute Gasteiger partial charge is 0.497 e. The fourth-order valence-electron chi connectivity index (χ4n) is 2.80. The van der Waals surface area contributed by atoms with Crippen molar-refractivity contribution < 1.29 is 29.3 Å². The number of hydrogen-bond donors (Lipinski definition) is 3. The van der Waals surface area contributed by atoms with Gasteiger partial charge in [-0.05, 0) is 36.4 Å². The van der Waals surface area contributed by atoms with Gasteiger partial charge in [-0.15, -0.1) is 0 Å². The van der Waals surface area contributed by atoms with Gasteiger partial charge in [0.25, 0.3) is 0 Å². The molecule has 2 heterocycles. The molecule has 0 aliphatic carbocycles. The molecule has 0 unspecified atom stereocenters. The predicted molar refractivity (Wildman–Crippen MR) is 92.2 cm³/mol. The number of anilines is 1. The van der Waals surface area contributed by atoms with E-state index in [1.807, 2.05) is 0 Å². The predicted octanol–water partition coefficient (Wildman–Crippen LogP) is 2.16. The summed E-state index contributed by atoms with van der Waals surface area (Å²) in [6, 6.07) is 8.84. The minimum absolute atomic E-state index is 0.0340. The maximum Gasteiger partial charge on any atom is 0.338 e. The van der Waals surface area contributed by atoms with Crippen LogP contribution in [-0.2, 0) is 0 Å². The molecule has 0 amide bonds. The first-order chi connectivity index (χ1) is 12.3. The number of methoxy groups -OCH3 is 1. The number of nitrogens with zero attached hydrogens (tertiary/aromatic N) is 1. The number of carboxylic acids is 2. The average Bonchev–Trinajstić information content (AvgIpc) is 2.95. The maximum absolute atomic E-state index is 13.0. The molecule has 0 aliphatic rings. The second kappa shape index (κ2) is 6.25. The summed E-state index contributed by atoms with van der Waals surface area (Å²) in [4.78, 5) is 36.4. The lowest BCUT2D eigenvalue weighted by Gasteiger charge is -2.06. The molecule has 2 aromatic heterocycles. The standard InChI is InChI=1S/C18H14N2O6/c1-26-11-4-2-9(3-5-11)16(21)15-14(18(24)25)13(17(22)23)12-8-10(19)6-7-20(12)15/h2-8H,19H2,1H3,(H,22,23)(H,24,25). The molecule has 0 saturated carbocycles. The summed E-state index contributed by atoms with van der Waals surface area (Å²) in [6.07, 6.45) is 1.38. The van der Waals surface area contributed by atoms with Crippen molar-refractivity contribution in [1.29, 1.82) is 0 Å². The maximum atomic E-state index is 13.0. The van der Waals surface area contributed by atoms with Crippen molar-refractivity contribution in [3.05, 3.63) is 65.0 Å². The minimum Gasteiger partial charge on any atom is -0.497 e. The van der Waals surface area contributed by atoms with Gasteiger partial charge >= 0.3 is 11.9 Å². The summed E-state index contributed by atoms with van der Waals surface area (Å²) in [5.74, 6) is -3.07. The van der Waals surface area contributed by atoms with Crippen molar-refractivity contribution >= 4 is 28.9 Å². The minimum atomic E-state index is -1.51. The lowest BCUT2D eigenvalue weighted by atomic mass is 10.0. The van der Waals surface area contributed by atoms with Gasteiger partial charge in [0.05, 0.1) is 12.6 Å². The summed E-state index contributed by atoms with van der Waals surface area (Å²) < 4.78 is 6.27. The number of nitrogen functional groups attached to an aromatic ring is 1. The van der Waals surface area contributed by atoms with Crippen LogP contribution in [-0.4, -0.2) is 39.4 Å². The van der Waals surface area contributed by atoms with E-state index in [9.17, 15) is 24.6 Å². The second-order valence-electron chi connectivity index (χ2n) is 5.48.